The number of nitrogens with one attached hydrogen (secondary N) is 1. The van der Waals surface area contributed by atoms with Crippen LogP contribution >= 0.6 is 0 Å². The highest BCUT2D eigenvalue weighted by Gasteiger charge is 2.21. The predicted octanol–water partition coefficient (Wildman–Crippen LogP) is 1.36. The molecule has 18 heavy (non-hydrogen) atoms. The normalized spacial score (nSPS) is 20.2. The van der Waals surface area contributed by atoms with E-state index in [1.165, 1.54) is 32.4 Å². The minimum atomic E-state index is 0.467. The van der Waals surface area contributed by atoms with Crippen molar-refractivity contribution in [2.45, 2.75) is 32.2 Å². The van der Waals surface area contributed by atoms with E-state index in [9.17, 15) is 0 Å². The molecule has 0 saturated carbocycles. The fourth-order valence-corrected chi connectivity index (χ4v) is 2.61. The number of piperidine rings is 1. The Hall–Kier alpha value is -0.160. The molecule has 1 aliphatic rings. The number of ether oxygens (including phenoxy) is 2. The van der Waals surface area contributed by atoms with Gasteiger partial charge < -0.3 is 19.7 Å². The Morgan fingerprint density at radius 2 is 1.94 bits per heavy atom. The summed E-state index contributed by atoms with van der Waals surface area (Å²) in [5.74, 6) is 0.760. The van der Waals surface area contributed by atoms with Crippen molar-refractivity contribution in [2.75, 3.05) is 53.6 Å². The molecular weight excluding hydrogens is 228 g/mol. The number of rotatable bonds is 9. The molecule has 1 unspecified atom stereocenters. The first-order chi connectivity index (χ1) is 8.80. The number of hydrogen-bond donors (Lipinski definition) is 1. The molecular formula is C14H30N2O2. The van der Waals surface area contributed by atoms with Crippen molar-refractivity contribution in [1.29, 1.82) is 0 Å². The maximum absolute atomic E-state index is 5.29. The Balaban J connectivity index is 2.23. The molecule has 0 aromatic heterocycles. The Kier molecular flexibility index (Phi) is 8.59. The van der Waals surface area contributed by atoms with Crippen LogP contribution in [-0.4, -0.2) is 64.6 Å². The van der Waals surface area contributed by atoms with Crippen molar-refractivity contribution in [3.05, 3.63) is 0 Å². The standard InChI is InChI=1S/C14H30N2O2/c1-4-7-15-14(12-18-3)10-16-8-5-13(6-9-16)11-17-2/h13-15H,4-12H2,1-3H3. The van der Waals surface area contributed by atoms with E-state index in [2.05, 4.69) is 17.1 Å². The Bertz CT molecular complexity index is 194. The molecule has 1 saturated heterocycles. The lowest BCUT2D eigenvalue weighted by molar-refractivity contribution is 0.0841. The fraction of sp³-hybridized carbons (Fsp3) is 1.00. The molecule has 0 aromatic rings. The maximum atomic E-state index is 5.29. The van der Waals surface area contributed by atoms with Crippen molar-refractivity contribution in [3.8, 4) is 0 Å². The number of likely N-dealkylation sites (tertiary alicyclic amines) is 1. The maximum Gasteiger partial charge on any atom is 0.0628 e. The summed E-state index contributed by atoms with van der Waals surface area (Å²) in [5, 5.41) is 3.56. The van der Waals surface area contributed by atoms with Gasteiger partial charge in [-0.05, 0) is 44.8 Å². The van der Waals surface area contributed by atoms with E-state index >= 15 is 0 Å². The molecule has 4 nitrogen and oxygen atoms in total. The van der Waals surface area contributed by atoms with Gasteiger partial charge in [0.15, 0.2) is 0 Å². The van der Waals surface area contributed by atoms with Gasteiger partial charge in [-0.2, -0.15) is 0 Å². The average molecular weight is 258 g/mol. The zero-order valence-electron chi connectivity index (χ0n) is 12.3. The third kappa shape index (κ3) is 6.14. The highest BCUT2D eigenvalue weighted by molar-refractivity contribution is 4.77. The molecule has 1 rings (SSSR count). The van der Waals surface area contributed by atoms with E-state index in [1.54, 1.807) is 14.2 Å². The fourth-order valence-electron chi connectivity index (χ4n) is 2.61. The second kappa shape index (κ2) is 9.73. The van der Waals surface area contributed by atoms with E-state index in [1.807, 2.05) is 0 Å². The van der Waals surface area contributed by atoms with Crippen molar-refractivity contribution < 1.29 is 9.47 Å². The molecule has 0 aromatic carbocycles. The molecule has 0 amide bonds. The van der Waals surface area contributed by atoms with Gasteiger partial charge in [0.25, 0.3) is 0 Å². The average Bonchev–Trinajstić information content (AvgIpc) is 2.39. The molecule has 1 aliphatic heterocycles. The summed E-state index contributed by atoms with van der Waals surface area (Å²) >= 11 is 0. The van der Waals surface area contributed by atoms with Gasteiger partial charge >= 0.3 is 0 Å². The summed E-state index contributed by atoms with van der Waals surface area (Å²) in [5.41, 5.74) is 0. The van der Waals surface area contributed by atoms with Gasteiger partial charge in [-0.3, -0.25) is 0 Å². The molecule has 1 fully saturated rings. The second-order valence-corrected chi connectivity index (χ2v) is 5.31. The Labute approximate surface area is 112 Å². The molecule has 4 heteroatoms. The lowest BCUT2D eigenvalue weighted by Gasteiger charge is -2.34. The van der Waals surface area contributed by atoms with E-state index in [0.717, 1.165) is 32.2 Å². The van der Waals surface area contributed by atoms with Gasteiger partial charge in [0.05, 0.1) is 6.61 Å². The van der Waals surface area contributed by atoms with E-state index in [0.29, 0.717) is 6.04 Å². The van der Waals surface area contributed by atoms with Crippen LogP contribution in [0.4, 0.5) is 0 Å². The predicted molar refractivity (Wildman–Crippen MR) is 75.0 cm³/mol. The van der Waals surface area contributed by atoms with Crippen LogP contribution in [0.1, 0.15) is 26.2 Å². The van der Waals surface area contributed by atoms with Gasteiger partial charge in [0.1, 0.15) is 0 Å². The molecule has 1 atom stereocenters. The number of hydrogen-bond acceptors (Lipinski definition) is 4. The first kappa shape index (κ1) is 15.9. The van der Waals surface area contributed by atoms with Crippen LogP contribution in [0.25, 0.3) is 0 Å². The topological polar surface area (TPSA) is 33.7 Å². The van der Waals surface area contributed by atoms with E-state index < -0.39 is 0 Å². The lowest BCUT2D eigenvalue weighted by Crippen LogP contribution is -2.46. The first-order valence-electron chi connectivity index (χ1n) is 7.23. The minimum Gasteiger partial charge on any atom is -0.384 e. The molecule has 1 heterocycles. The van der Waals surface area contributed by atoms with Crippen molar-refractivity contribution >= 4 is 0 Å². The summed E-state index contributed by atoms with van der Waals surface area (Å²) < 4.78 is 10.5. The molecule has 108 valence electrons. The van der Waals surface area contributed by atoms with Crippen molar-refractivity contribution in [1.82, 2.24) is 10.2 Å². The van der Waals surface area contributed by atoms with E-state index in [4.69, 9.17) is 9.47 Å². The largest absolute Gasteiger partial charge is 0.384 e. The number of methoxy groups -OCH3 is 2. The summed E-state index contributed by atoms with van der Waals surface area (Å²) in [7, 11) is 3.58. The van der Waals surface area contributed by atoms with Crippen LogP contribution in [0.2, 0.25) is 0 Å². The highest BCUT2D eigenvalue weighted by atomic mass is 16.5. The van der Waals surface area contributed by atoms with Gasteiger partial charge in [-0.1, -0.05) is 6.92 Å². The SMILES string of the molecule is CCCNC(COC)CN1CCC(COC)CC1. The summed E-state index contributed by atoms with van der Waals surface area (Å²) in [4.78, 5) is 2.55. The first-order valence-corrected chi connectivity index (χ1v) is 7.23. The van der Waals surface area contributed by atoms with Gasteiger partial charge in [0, 0.05) is 33.4 Å². The van der Waals surface area contributed by atoms with Gasteiger partial charge in [-0.25, -0.2) is 0 Å². The van der Waals surface area contributed by atoms with Crippen LogP contribution < -0.4 is 5.32 Å². The van der Waals surface area contributed by atoms with E-state index in [-0.39, 0.29) is 0 Å². The second-order valence-electron chi connectivity index (χ2n) is 5.31. The molecule has 1 N–H and O–H groups in total. The van der Waals surface area contributed by atoms with Crippen LogP contribution in [0.15, 0.2) is 0 Å². The van der Waals surface area contributed by atoms with Crippen molar-refractivity contribution in [3.63, 3.8) is 0 Å². The quantitative estimate of drug-likeness (QED) is 0.677. The monoisotopic (exact) mass is 258 g/mol. The molecule has 0 aliphatic carbocycles. The van der Waals surface area contributed by atoms with Crippen molar-refractivity contribution in [2.24, 2.45) is 5.92 Å². The third-order valence-corrected chi connectivity index (χ3v) is 3.64. The molecule has 0 bridgehead atoms. The summed E-state index contributed by atoms with van der Waals surface area (Å²) in [6, 6.07) is 0.467. The van der Waals surface area contributed by atoms with Gasteiger partial charge in [0.2, 0.25) is 0 Å². The molecule has 0 radical (unpaired) electrons. The zero-order valence-corrected chi connectivity index (χ0v) is 12.3. The Morgan fingerprint density at radius 3 is 2.50 bits per heavy atom. The van der Waals surface area contributed by atoms with Crippen LogP contribution in [-0.2, 0) is 9.47 Å². The Morgan fingerprint density at radius 1 is 1.22 bits per heavy atom. The number of nitrogens with zero attached hydrogens (tertiary/aromatic N) is 1. The van der Waals surface area contributed by atoms with Gasteiger partial charge in [-0.15, -0.1) is 0 Å². The van der Waals surface area contributed by atoms with Crippen LogP contribution in [0.5, 0.6) is 0 Å². The smallest absolute Gasteiger partial charge is 0.0628 e. The minimum absolute atomic E-state index is 0.467. The lowest BCUT2D eigenvalue weighted by atomic mass is 9.97. The highest BCUT2D eigenvalue weighted by Crippen LogP contribution is 2.17. The summed E-state index contributed by atoms with van der Waals surface area (Å²) in [6.45, 7) is 8.50. The molecule has 0 spiro atoms. The van der Waals surface area contributed by atoms with Crippen LogP contribution in [0, 0.1) is 5.92 Å². The van der Waals surface area contributed by atoms with Crippen LogP contribution in [0.3, 0.4) is 0 Å². The zero-order chi connectivity index (χ0) is 13.2. The summed E-state index contributed by atoms with van der Waals surface area (Å²) in [6.07, 6.45) is 3.71. The third-order valence-electron chi connectivity index (χ3n) is 3.64.